The molecule has 2 unspecified atom stereocenters. The molecule has 5 nitrogen and oxygen atoms in total. The van der Waals surface area contributed by atoms with Gasteiger partial charge in [0.1, 0.15) is 5.82 Å². The predicted octanol–water partition coefficient (Wildman–Crippen LogP) is 2.43. The number of nitrogens with one attached hydrogen (secondary N) is 1. The summed E-state index contributed by atoms with van der Waals surface area (Å²) in [5.41, 5.74) is 6.43. The van der Waals surface area contributed by atoms with Gasteiger partial charge >= 0.3 is 0 Å². The van der Waals surface area contributed by atoms with E-state index in [1.165, 1.54) is 0 Å². The van der Waals surface area contributed by atoms with Crippen LogP contribution in [0, 0.1) is 0 Å². The van der Waals surface area contributed by atoms with Gasteiger partial charge in [0.05, 0.1) is 17.9 Å². The second kappa shape index (κ2) is 6.10. The molecule has 19 heavy (non-hydrogen) atoms. The van der Waals surface area contributed by atoms with Crippen LogP contribution in [0.1, 0.15) is 33.6 Å². The van der Waals surface area contributed by atoms with Crippen LogP contribution in [0.25, 0.3) is 0 Å². The van der Waals surface area contributed by atoms with Gasteiger partial charge in [-0.25, -0.2) is 0 Å². The molecule has 3 N–H and O–H groups in total. The van der Waals surface area contributed by atoms with Gasteiger partial charge in [-0.3, -0.25) is 0 Å². The fourth-order valence-electron chi connectivity index (χ4n) is 2.19. The topological polar surface area (TPSA) is 69.4 Å². The SMILES string of the molecule is CC(C)Oc1nc(NC2CCOC(C)C2)ccc1N. The van der Waals surface area contributed by atoms with E-state index in [0.717, 1.165) is 25.3 Å². The smallest absolute Gasteiger partial charge is 0.239 e. The molecule has 1 aromatic rings. The molecule has 2 rings (SSSR count). The van der Waals surface area contributed by atoms with Gasteiger partial charge in [-0.2, -0.15) is 4.98 Å². The average molecular weight is 265 g/mol. The monoisotopic (exact) mass is 265 g/mol. The lowest BCUT2D eigenvalue weighted by atomic mass is 10.0. The van der Waals surface area contributed by atoms with E-state index in [4.69, 9.17) is 15.2 Å². The van der Waals surface area contributed by atoms with Crippen molar-refractivity contribution >= 4 is 11.5 Å². The first-order valence-electron chi connectivity index (χ1n) is 6.86. The molecule has 5 heteroatoms. The van der Waals surface area contributed by atoms with Crippen molar-refractivity contribution in [1.29, 1.82) is 0 Å². The summed E-state index contributed by atoms with van der Waals surface area (Å²) >= 11 is 0. The van der Waals surface area contributed by atoms with Crippen LogP contribution in [0.15, 0.2) is 12.1 Å². The van der Waals surface area contributed by atoms with Gasteiger partial charge in [0.2, 0.25) is 5.88 Å². The number of rotatable bonds is 4. The lowest BCUT2D eigenvalue weighted by Gasteiger charge is -2.28. The first-order chi connectivity index (χ1) is 9.04. The molecule has 0 aromatic carbocycles. The molecule has 0 bridgehead atoms. The van der Waals surface area contributed by atoms with E-state index < -0.39 is 0 Å². The molecule has 0 radical (unpaired) electrons. The van der Waals surface area contributed by atoms with Crippen molar-refractivity contribution < 1.29 is 9.47 Å². The standard InChI is InChI=1S/C14H23N3O2/c1-9(2)19-14-12(15)4-5-13(17-14)16-11-6-7-18-10(3)8-11/h4-5,9-11H,6-8,15H2,1-3H3,(H,16,17). The minimum absolute atomic E-state index is 0.0631. The lowest BCUT2D eigenvalue weighted by molar-refractivity contribution is 0.0231. The molecule has 1 saturated heterocycles. The van der Waals surface area contributed by atoms with Crippen molar-refractivity contribution in [2.24, 2.45) is 0 Å². The van der Waals surface area contributed by atoms with Gasteiger partial charge in [0.15, 0.2) is 0 Å². The van der Waals surface area contributed by atoms with Crippen molar-refractivity contribution in [2.45, 2.75) is 51.9 Å². The molecule has 0 saturated carbocycles. The Hall–Kier alpha value is -1.49. The van der Waals surface area contributed by atoms with Crippen LogP contribution in [0.3, 0.4) is 0 Å². The quantitative estimate of drug-likeness (QED) is 0.875. The normalized spacial score (nSPS) is 23.4. The second-order valence-electron chi connectivity index (χ2n) is 5.30. The molecule has 1 aromatic heterocycles. The van der Waals surface area contributed by atoms with E-state index in [0.29, 0.717) is 23.7 Å². The molecule has 1 fully saturated rings. The highest BCUT2D eigenvalue weighted by Crippen LogP contribution is 2.24. The number of hydrogen-bond acceptors (Lipinski definition) is 5. The van der Waals surface area contributed by atoms with Crippen molar-refractivity contribution in [2.75, 3.05) is 17.7 Å². The van der Waals surface area contributed by atoms with E-state index in [2.05, 4.69) is 17.2 Å². The molecule has 0 aliphatic carbocycles. The number of nitrogen functional groups attached to an aromatic ring is 1. The van der Waals surface area contributed by atoms with E-state index in [1.54, 1.807) is 0 Å². The minimum atomic E-state index is 0.0631. The highest BCUT2D eigenvalue weighted by atomic mass is 16.5. The minimum Gasteiger partial charge on any atom is -0.473 e. The first-order valence-corrected chi connectivity index (χ1v) is 6.86. The molecule has 0 spiro atoms. The zero-order valence-electron chi connectivity index (χ0n) is 11.8. The third kappa shape index (κ3) is 3.99. The molecule has 2 atom stereocenters. The molecule has 106 valence electrons. The third-order valence-electron chi connectivity index (χ3n) is 3.07. The van der Waals surface area contributed by atoms with Gasteiger partial charge in [-0.1, -0.05) is 0 Å². The van der Waals surface area contributed by atoms with Crippen LogP contribution in [0.2, 0.25) is 0 Å². The van der Waals surface area contributed by atoms with Crippen molar-refractivity contribution in [3.8, 4) is 5.88 Å². The summed E-state index contributed by atoms with van der Waals surface area (Å²) in [7, 11) is 0. The number of nitrogens with two attached hydrogens (primary N) is 1. The van der Waals surface area contributed by atoms with Crippen molar-refractivity contribution in [3.63, 3.8) is 0 Å². The van der Waals surface area contributed by atoms with Crippen LogP contribution in [-0.2, 0) is 4.74 Å². The lowest BCUT2D eigenvalue weighted by Crippen LogP contribution is -2.32. The molecular weight excluding hydrogens is 242 g/mol. The molecule has 0 amide bonds. The summed E-state index contributed by atoms with van der Waals surface area (Å²) < 4.78 is 11.1. The molecule has 1 aliphatic heterocycles. The van der Waals surface area contributed by atoms with Gasteiger partial charge in [-0.05, 0) is 45.7 Å². The molecular formula is C14H23N3O2. The molecule has 1 aliphatic rings. The fourth-order valence-corrected chi connectivity index (χ4v) is 2.19. The second-order valence-corrected chi connectivity index (χ2v) is 5.30. The van der Waals surface area contributed by atoms with Gasteiger partial charge in [0, 0.05) is 12.6 Å². The van der Waals surface area contributed by atoms with Gasteiger partial charge < -0.3 is 20.5 Å². The Labute approximate surface area is 114 Å². The summed E-state index contributed by atoms with van der Waals surface area (Å²) in [5, 5.41) is 3.43. The number of anilines is 2. The zero-order chi connectivity index (χ0) is 13.8. The highest BCUT2D eigenvalue weighted by Gasteiger charge is 2.19. The van der Waals surface area contributed by atoms with Crippen molar-refractivity contribution in [3.05, 3.63) is 12.1 Å². The van der Waals surface area contributed by atoms with E-state index in [-0.39, 0.29) is 6.10 Å². The Kier molecular flexibility index (Phi) is 4.47. The number of aromatic nitrogens is 1. The largest absolute Gasteiger partial charge is 0.473 e. The van der Waals surface area contributed by atoms with Crippen LogP contribution >= 0.6 is 0 Å². The summed E-state index contributed by atoms with van der Waals surface area (Å²) in [5.74, 6) is 1.31. The summed E-state index contributed by atoms with van der Waals surface area (Å²) in [4.78, 5) is 4.43. The molecule has 2 heterocycles. The summed E-state index contributed by atoms with van der Waals surface area (Å²) in [6.07, 6.45) is 2.35. The Morgan fingerprint density at radius 2 is 2.26 bits per heavy atom. The van der Waals surface area contributed by atoms with Crippen LogP contribution in [0.4, 0.5) is 11.5 Å². The Morgan fingerprint density at radius 3 is 2.95 bits per heavy atom. The van der Waals surface area contributed by atoms with E-state index in [9.17, 15) is 0 Å². The first kappa shape index (κ1) is 13.9. The third-order valence-corrected chi connectivity index (χ3v) is 3.07. The van der Waals surface area contributed by atoms with Crippen molar-refractivity contribution in [1.82, 2.24) is 4.98 Å². The Balaban J connectivity index is 2.03. The maximum Gasteiger partial charge on any atom is 0.239 e. The maximum atomic E-state index is 5.86. The zero-order valence-corrected chi connectivity index (χ0v) is 11.8. The summed E-state index contributed by atoms with van der Waals surface area (Å²) in [6.45, 7) is 6.81. The number of pyridine rings is 1. The number of nitrogens with zero attached hydrogens (tertiary/aromatic N) is 1. The van der Waals surface area contributed by atoms with Gasteiger partial charge in [0.25, 0.3) is 0 Å². The highest BCUT2D eigenvalue weighted by molar-refractivity contribution is 5.53. The Morgan fingerprint density at radius 1 is 1.47 bits per heavy atom. The average Bonchev–Trinajstić information content (AvgIpc) is 2.33. The summed E-state index contributed by atoms with van der Waals surface area (Å²) in [6, 6.07) is 4.12. The number of hydrogen-bond donors (Lipinski definition) is 2. The Bertz CT molecular complexity index is 423. The maximum absolute atomic E-state index is 5.86. The number of ether oxygens (including phenoxy) is 2. The van der Waals surface area contributed by atoms with E-state index in [1.807, 2.05) is 26.0 Å². The predicted molar refractivity (Wildman–Crippen MR) is 76.5 cm³/mol. The van der Waals surface area contributed by atoms with Gasteiger partial charge in [-0.15, -0.1) is 0 Å². The van der Waals surface area contributed by atoms with E-state index >= 15 is 0 Å². The van der Waals surface area contributed by atoms with Crippen LogP contribution in [0.5, 0.6) is 5.88 Å². The van der Waals surface area contributed by atoms with Crippen LogP contribution < -0.4 is 15.8 Å². The van der Waals surface area contributed by atoms with Crippen LogP contribution in [-0.4, -0.2) is 29.8 Å². The fraction of sp³-hybridized carbons (Fsp3) is 0.643.